The summed E-state index contributed by atoms with van der Waals surface area (Å²) < 4.78 is 33.0. The van der Waals surface area contributed by atoms with Crippen LogP contribution in [0.1, 0.15) is 18.5 Å². The highest BCUT2D eigenvalue weighted by Crippen LogP contribution is 2.32. The molecular weight excluding hydrogens is 254 g/mol. The van der Waals surface area contributed by atoms with E-state index in [4.69, 9.17) is 15.2 Å². The number of sulfone groups is 1. The zero-order valence-corrected chi connectivity index (χ0v) is 11.2. The van der Waals surface area contributed by atoms with Crippen LogP contribution >= 0.6 is 0 Å². The summed E-state index contributed by atoms with van der Waals surface area (Å²) in [6.45, 7) is 1.87. The summed E-state index contributed by atoms with van der Waals surface area (Å²) in [5, 5.41) is 0. The van der Waals surface area contributed by atoms with E-state index < -0.39 is 9.84 Å². The molecule has 2 rings (SSSR count). The maximum atomic E-state index is 11.1. The molecule has 1 saturated heterocycles. The third-order valence-electron chi connectivity index (χ3n) is 2.89. The molecule has 1 aromatic rings. The minimum atomic E-state index is -2.89. The van der Waals surface area contributed by atoms with E-state index in [9.17, 15) is 8.42 Å². The van der Waals surface area contributed by atoms with Crippen LogP contribution in [0.2, 0.25) is 0 Å². The van der Waals surface area contributed by atoms with Crippen molar-refractivity contribution in [3.63, 3.8) is 0 Å². The summed E-state index contributed by atoms with van der Waals surface area (Å²) in [5.41, 5.74) is 6.73. The molecule has 0 amide bonds. The van der Waals surface area contributed by atoms with Crippen LogP contribution in [0, 0.1) is 0 Å². The lowest BCUT2D eigenvalue weighted by Crippen LogP contribution is -2.45. The lowest BCUT2D eigenvalue weighted by molar-refractivity contribution is 0.219. The van der Waals surface area contributed by atoms with Gasteiger partial charge in [-0.3, -0.25) is 0 Å². The van der Waals surface area contributed by atoms with Crippen molar-refractivity contribution < 1.29 is 17.9 Å². The first-order valence-electron chi connectivity index (χ1n) is 5.72. The smallest absolute Gasteiger partial charge is 0.162 e. The summed E-state index contributed by atoms with van der Waals surface area (Å²) >= 11 is 0. The van der Waals surface area contributed by atoms with Crippen LogP contribution in [0.15, 0.2) is 18.2 Å². The quantitative estimate of drug-likeness (QED) is 0.880. The van der Waals surface area contributed by atoms with E-state index in [1.165, 1.54) is 0 Å². The van der Waals surface area contributed by atoms with E-state index in [0.29, 0.717) is 11.5 Å². The second-order valence-corrected chi connectivity index (χ2v) is 6.67. The number of nitrogens with two attached hydrogens (primary N) is 1. The van der Waals surface area contributed by atoms with Crippen LogP contribution in [0.3, 0.4) is 0 Å². The number of ether oxygens (including phenoxy) is 2. The Labute approximate surface area is 107 Å². The molecule has 18 heavy (non-hydrogen) atoms. The second-order valence-electron chi connectivity index (χ2n) is 4.52. The third kappa shape index (κ3) is 2.76. The van der Waals surface area contributed by atoms with Gasteiger partial charge in [0.25, 0.3) is 0 Å². The lowest BCUT2D eigenvalue weighted by Gasteiger charge is -2.27. The molecule has 1 heterocycles. The van der Waals surface area contributed by atoms with Gasteiger partial charge in [-0.05, 0) is 24.6 Å². The number of methoxy groups -OCH3 is 1. The van der Waals surface area contributed by atoms with Gasteiger partial charge < -0.3 is 15.2 Å². The largest absolute Gasteiger partial charge is 0.493 e. The molecule has 0 aliphatic carbocycles. The Hall–Kier alpha value is -1.27. The average molecular weight is 271 g/mol. The first-order valence-corrected chi connectivity index (χ1v) is 7.54. The van der Waals surface area contributed by atoms with Crippen molar-refractivity contribution in [3.8, 4) is 11.5 Å². The maximum absolute atomic E-state index is 11.1. The first kappa shape index (κ1) is 13.2. The maximum Gasteiger partial charge on any atom is 0.162 e. The molecule has 0 bridgehead atoms. The van der Waals surface area contributed by atoms with Crippen molar-refractivity contribution in [3.05, 3.63) is 23.8 Å². The molecule has 0 spiro atoms. The van der Waals surface area contributed by atoms with E-state index in [-0.39, 0.29) is 23.7 Å². The Morgan fingerprint density at radius 1 is 1.33 bits per heavy atom. The summed E-state index contributed by atoms with van der Waals surface area (Å²) in [5.74, 6) is 1.27. The molecule has 1 unspecified atom stereocenters. The molecule has 0 radical (unpaired) electrons. The molecule has 1 aromatic carbocycles. The number of hydrogen-bond donors (Lipinski definition) is 1. The van der Waals surface area contributed by atoms with E-state index in [2.05, 4.69) is 0 Å². The minimum absolute atomic E-state index is 0.0680. The van der Waals surface area contributed by atoms with Gasteiger partial charge in [0.1, 0.15) is 6.10 Å². The molecular formula is C12H17NO4S. The SMILES string of the molecule is COc1ccc(C(C)N)cc1OC1CS(=O)(=O)C1. The Morgan fingerprint density at radius 3 is 2.50 bits per heavy atom. The van der Waals surface area contributed by atoms with Crippen LogP contribution in [-0.2, 0) is 9.84 Å². The molecule has 1 atom stereocenters. The van der Waals surface area contributed by atoms with Gasteiger partial charge in [0, 0.05) is 6.04 Å². The Bertz CT molecular complexity index is 527. The number of benzene rings is 1. The predicted octanol–water partition coefficient (Wildman–Crippen LogP) is 0.891. The monoisotopic (exact) mass is 271 g/mol. The molecule has 5 nitrogen and oxygen atoms in total. The standard InChI is InChI=1S/C12H17NO4S/c1-8(13)9-3-4-11(16-2)12(5-9)17-10-6-18(14,15)7-10/h3-5,8,10H,6-7,13H2,1-2H3. The number of rotatable bonds is 4. The Balaban J connectivity index is 2.17. The Morgan fingerprint density at radius 2 is 2.00 bits per heavy atom. The van der Waals surface area contributed by atoms with Gasteiger partial charge in [0.15, 0.2) is 21.3 Å². The van der Waals surface area contributed by atoms with E-state index in [1.807, 2.05) is 13.0 Å². The van der Waals surface area contributed by atoms with Crippen LogP contribution in [0.25, 0.3) is 0 Å². The van der Waals surface area contributed by atoms with Gasteiger partial charge >= 0.3 is 0 Å². The van der Waals surface area contributed by atoms with Crippen molar-refractivity contribution in [2.45, 2.75) is 19.1 Å². The highest BCUT2D eigenvalue weighted by Gasteiger charge is 2.35. The van der Waals surface area contributed by atoms with Crippen molar-refractivity contribution in [1.29, 1.82) is 0 Å². The van der Waals surface area contributed by atoms with Crippen LogP contribution < -0.4 is 15.2 Å². The van der Waals surface area contributed by atoms with Crippen LogP contribution in [0.4, 0.5) is 0 Å². The summed E-state index contributed by atoms with van der Waals surface area (Å²) in [4.78, 5) is 0. The number of hydrogen-bond acceptors (Lipinski definition) is 5. The topological polar surface area (TPSA) is 78.6 Å². The van der Waals surface area contributed by atoms with Gasteiger partial charge in [-0.2, -0.15) is 0 Å². The highest BCUT2D eigenvalue weighted by atomic mass is 32.2. The molecule has 2 N–H and O–H groups in total. The molecule has 1 fully saturated rings. The fourth-order valence-electron chi connectivity index (χ4n) is 1.83. The zero-order chi connectivity index (χ0) is 13.3. The van der Waals surface area contributed by atoms with Crippen molar-refractivity contribution in [2.24, 2.45) is 5.73 Å². The van der Waals surface area contributed by atoms with Crippen molar-refractivity contribution >= 4 is 9.84 Å². The minimum Gasteiger partial charge on any atom is -0.493 e. The molecule has 1 aliphatic heterocycles. The predicted molar refractivity (Wildman–Crippen MR) is 68.7 cm³/mol. The van der Waals surface area contributed by atoms with Crippen molar-refractivity contribution in [1.82, 2.24) is 0 Å². The summed E-state index contributed by atoms with van der Waals surface area (Å²) in [7, 11) is -1.34. The normalized spacial score (nSPS) is 19.9. The van der Waals surface area contributed by atoms with Crippen molar-refractivity contribution in [2.75, 3.05) is 18.6 Å². The first-order chi connectivity index (χ1) is 8.41. The average Bonchev–Trinajstić information content (AvgIpc) is 2.26. The van der Waals surface area contributed by atoms with Crippen LogP contribution in [-0.4, -0.2) is 33.1 Å². The highest BCUT2D eigenvalue weighted by molar-refractivity contribution is 7.92. The molecule has 6 heteroatoms. The van der Waals surface area contributed by atoms with Gasteiger partial charge in [0.2, 0.25) is 0 Å². The zero-order valence-electron chi connectivity index (χ0n) is 10.4. The molecule has 0 aromatic heterocycles. The summed E-state index contributed by atoms with van der Waals surface area (Å²) in [6.07, 6.45) is -0.285. The fraction of sp³-hybridized carbons (Fsp3) is 0.500. The van der Waals surface area contributed by atoms with Gasteiger partial charge in [-0.15, -0.1) is 0 Å². The van der Waals surface area contributed by atoms with E-state index >= 15 is 0 Å². The summed E-state index contributed by atoms with van der Waals surface area (Å²) in [6, 6.07) is 5.34. The molecule has 0 saturated carbocycles. The molecule has 100 valence electrons. The molecule has 1 aliphatic rings. The third-order valence-corrected chi connectivity index (χ3v) is 4.65. The fourth-order valence-corrected chi connectivity index (χ4v) is 3.01. The van der Waals surface area contributed by atoms with E-state index in [1.54, 1.807) is 19.2 Å². The van der Waals surface area contributed by atoms with Gasteiger partial charge in [0.05, 0.1) is 18.6 Å². The van der Waals surface area contributed by atoms with Gasteiger partial charge in [-0.25, -0.2) is 8.42 Å². The van der Waals surface area contributed by atoms with Gasteiger partial charge in [-0.1, -0.05) is 6.07 Å². The van der Waals surface area contributed by atoms with Crippen LogP contribution in [0.5, 0.6) is 11.5 Å². The lowest BCUT2D eigenvalue weighted by atomic mass is 10.1. The Kier molecular flexibility index (Phi) is 3.49. The second kappa shape index (κ2) is 4.78. The van der Waals surface area contributed by atoms with E-state index in [0.717, 1.165) is 5.56 Å².